The number of rotatable bonds is 6. The number of ether oxygens (including phenoxy) is 3. The Morgan fingerprint density at radius 3 is 2.33 bits per heavy atom. The van der Waals surface area contributed by atoms with E-state index in [1.165, 1.54) is 21.3 Å². The van der Waals surface area contributed by atoms with Crippen molar-refractivity contribution in [2.75, 3.05) is 26.6 Å². The van der Waals surface area contributed by atoms with Crippen LogP contribution in [0.25, 0.3) is 0 Å². The third-order valence-electron chi connectivity index (χ3n) is 3.56. The molecule has 2 rings (SSSR count). The summed E-state index contributed by atoms with van der Waals surface area (Å²) in [5, 5.41) is 12.6. The number of aromatic hydroxyl groups is 1. The van der Waals surface area contributed by atoms with Gasteiger partial charge in [0.25, 0.3) is 0 Å². The highest BCUT2D eigenvalue weighted by Gasteiger charge is 2.18. The molecule has 24 heavy (non-hydrogen) atoms. The van der Waals surface area contributed by atoms with E-state index in [1.807, 2.05) is 13.0 Å². The highest BCUT2D eigenvalue weighted by atomic mass is 16.5. The molecule has 0 unspecified atom stereocenters. The van der Waals surface area contributed by atoms with E-state index in [0.717, 1.165) is 5.56 Å². The zero-order chi connectivity index (χ0) is 17.7. The highest BCUT2D eigenvalue weighted by Crippen LogP contribution is 2.40. The molecule has 0 saturated heterocycles. The molecule has 0 aromatic heterocycles. The zero-order valence-corrected chi connectivity index (χ0v) is 14.2. The first-order valence-electron chi connectivity index (χ1n) is 7.37. The maximum Gasteiger partial charge on any atom is 0.229 e. The van der Waals surface area contributed by atoms with Crippen LogP contribution in [0.4, 0.5) is 5.69 Å². The lowest BCUT2D eigenvalue weighted by molar-refractivity contribution is -0.115. The maximum absolute atomic E-state index is 12.3. The molecule has 1 amide bonds. The lowest BCUT2D eigenvalue weighted by atomic mass is 10.1. The topological polar surface area (TPSA) is 77.0 Å². The number of methoxy groups -OCH3 is 3. The van der Waals surface area contributed by atoms with Crippen LogP contribution < -0.4 is 19.5 Å². The van der Waals surface area contributed by atoms with E-state index in [4.69, 9.17) is 14.2 Å². The summed E-state index contributed by atoms with van der Waals surface area (Å²) in [4.78, 5) is 12.3. The lowest BCUT2D eigenvalue weighted by Gasteiger charge is -2.15. The van der Waals surface area contributed by atoms with Crippen LogP contribution in [-0.4, -0.2) is 32.3 Å². The van der Waals surface area contributed by atoms with E-state index in [2.05, 4.69) is 5.32 Å². The third-order valence-corrected chi connectivity index (χ3v) is 3.56. The Balaban J connectivity index is 2.22. The third kappa shape index (κ3) is 3.71. The maximum atomic E-state index is 12.3. The molecule has 128 valence electrons. The number of carbonyl (C=O) groups excluding carboxylic acids is 1. The van der Waals surface area contributed by atoms with Crippen molar-refractivity contribution in [1.29, 1.82) is 0 Å². The first kappa shape index (κ1) is 17.5. The molecule has 0 saturated carbocycles. The average molecular weight is 331 g/mol. The Morgan fingerprint density at radius 1 is 1.04 bits per heavy atom. The van der Waals surface area contributed by atoms with Crippen molar-refractivity contribution >= 4 is 11.6 Å². The summed E-state index contributed by atoms with van der Waals surface area (Å²) in [5.41, 5.74) is 1.93. The number of aryl methyl sites for hydroxylation is 1. The number of hydrogen-bond acceptors (Lipinski definition) is 5. The number of hydrogen-bond donors (Lipinski definition) is 2. The molecule has 2 aromatic rings. The van der Waals surface area contributed by atoms with Gasteiger partial charge in [0, 0.05) is 5.56 Å². The summed E-state index contributed by atoms with van der Waals surface area (Å²) in [7, 11) is 4.54. The second kappa shape index (κ2) is 7.59. The molecule has 0 bridgehead atoms. The highest BCUT2D eigenvalue weighted by molar-refractivity contribution is 5.94. The summed E-state index contributed by atoms with van der Waals surface area (Å²) in [6.45, 7) is 1.86. The first-order valence-corrected chi connectivity index (χ1v) is 7.37. The van der Waals surface area contributed by atoms with Gasteiger partial charge in [-0.2, -0.15) is 0 Å². The van der Waals surface area contributed by atoms with E-state index in [-0.39, 0.29) is 18.1 Å². The standard InChI is InChI=1S/C18H21NO5/c1-11-5-7-13(14(20)9-11)19-16(21)10-12-6-8-15(22-2)18(24-4)17(12)23-3/h5-9,20H,10H2,1-4H3,(H,19,21). The minimum atomic E-state index is -0.278. The largest absolute Gasteiger partial charge is 0.506 e. The zero-order valence-electron chi connectivity index (χ0n) is 14.2. The van der Waals surface area contributed by atoms with Crippen molar-refractivity contribution in [1.82, 2.24) is 0 Å². The van der Waals surface area contributed by atoms with Gasteiger partial charge >= 0.3 is 0 Å². The number of anilines is 1. The quantitative estimate of drug-likeness (QED) is 0.796. The van der Waals surface area contributed by atoms with Crippen molar-refractivity contribution < 1.29 is 24.1 Å². The van der Waals surface area contributed by atoms with E-state index in [0.29, 0.717) is 28.5 Å². The summed E-state index contributed by atoms with van der Waals surface area (Å²) < 4.78 is 15.9. The van der Waals surface area contributed by atoms with Gasteiger partial charge in [-0.15, -0.1) is 0 Å². The van der Waals surface area contributed by atoms with Crippen LogP contribution in [0.5, 0.6) is 23.0 Å². The van der Waals surface area contributed by atoms with Crippen molar-refractivity contribution in [3.8, 4) is 23.0 Å². The second-order valence-electron chi connectivity index (χ2n) is 5.24. The van der Waals surface area contributed by atoms with Crippen LogP contribution in [0.1, 0.15) is 11.1 Å². The molecule has 0 aliphatic carbocycles. The number of amides is 1. The van der Waals surface area contributed by atoms with Crippen molar-refractivity contribution in [2.45, 2.75) is 13.3 Å². The monoisotopic (exact) mass is 331 g/mol. The Labute approximate surface area is 141 Å². The molecule has 0 aliphatic rings. The van der Waals surface area contributed by atoms with E-state index in [1.54, 1.807) is 24.3 Å². The predicted octanol–water partition coefficient (Wildman–Crippen LogP) is 2.91. The molecule has 0 heterocycles. The molecule has 0 spiro atoms. The van der Waals surface area contributed by atoms with Gasteiger partial charge < -0.3 is 24.6 Å². The van der Waals surface area contributed by atoms with Gasteiger partial charge in [-0.25, -0.2) is 0 Å². The fourth-order valence-corrected chi connectivity index (χ4v) is 2.42. The normalized spacial score (nSPS) is 10.2. The van der Waals surface area contributed by atoms with Crippen molar-refractivity contribution in [3.05, 3.63) is 41.5 Å². The summed E-state index contributed by atoms with van der Waals surface area (Å²) in [5.74, 6) is 1.15. The number of benzene rings is 2. The Kier molecular flexibility index (Phi) is 5.52. The average Bonchev–Trinajstić information content (AvgIpc) is 2.56. The lowest BCUT2D eigenvalue weighted by Crippen LogP contribution is -2.15. The Hall–Kier alpha value is -2.89. The number of phenols is 1. The summed E-state index contributed by atoms with van der Waals surface area (Å²) in [6, 6.07) is 8.52. The van der Waals surface area contributed by atoms with Gasteiger partial charge in [-0.1, -0.05) is 12.1 Å². The van der Waals surface area contributed by atoms with Crippen LogP contribution in [0, 0.1) is 6.92 Å². The van der Waals surface area contributed by atoms with Crippen LogP contribution in [0.3, 0.4) is 0 Å². The molecule has 2 aromatic carbocycles. The first-order chi connectivity index (χ1) is 11.5. The number of phenolic OH excluding ortho intramolecular Hbond substituents is 1. The fourth-order valence-electron chi connectivity index (χ4n) is 2.42. The number of carbonyl (C=O) groups is 1. The van der Waals surface area contributed by atoms with Crippen molar-refractivity contribution in [2.24, 2.45) is 0 Å². The minimum Gasteiger partial charge on any atom is -0.506 e. The van der Waals surface area contributed by atoms with Crippen LogP contribution in [0.15, 0.2) is 30.3 Å². The second-order valence-corrected chi connectivity index (χ2v) is 5.24. The van der Waals surface area contributed by atoms with Crippen LogP contribution in [-0.2, 0) is 11.2 Å². The molecular formula is C18H21NO5. The Bertz CT molecular complexity index is 742. The molecular weight excluding hydrogens is 310 g/mol. The SMILES string of the molecule is COc1ccc(CC(=O)Nc2ccc(C)cc2O)c(OC)c1OC. The summed E-state index contributed by atoms with van der Waals surface area (Å²) in [6.07, 6.45) is 0.0663. The van der Waals surface area contributed by atoms with Gasteiger partial charge in [0.2, 0.25) is 11.7 Å². The van der Waals surface area contributed by atoms with Crippen LogP contribution in [0.2, 0.25) is 0 Å². The van der Waals surface area contributed by atoms with E-state index < -0.39 is 0 Å². The molecule has 6 heteroatoms. The molecule has 0 aliphatic heterocycles. The van der Waals surface area contributed by atoms with Crippen LogP contribution >= 0.6 is 0 Å². The fraction of sp³-hybridized carbons (Fsp3) is 0.278. The molecule has 0 fully saturated rings. The minimum absolute atomic E-state index is 0.0302. The predicted molar refractivity (Wildman–Crippen MR) is 91.3 cm³/mol. The number of nitrogens with one attached hydrogen (secondary N) is 1. The molecule has 0 atom stereocenters. The van der Waals surface area contributed by atoms with E-state index in [9.17, 15) is 9.90 Å². The molecule has 6 nitrogen and oxygen atoms in total. The Morgan fingerprint density at radius 2 is 1.75 bits per heavy atom. The summed E-state index contributed by atoms with van der Waals surface area (Å²) >= 11 is 0. The smallest absolute Gasteiger partial charge is 0.229 e. The van der Waals surface area contributed by atoms with Gasteiger partial charge in [0.1, 0.15) is 5.75 Å². The van der Waals surface area contributed by atoms with Crippen molar-refractivity contribution in [3.63, 3.8) is 0 Å². The van der Waals surface area contributed by atoms with E-state index >= 15 is 0 Å². The van der Waals surface area contributed by atoms with Gasteiger partial charge in [0.05, 0.1) is 33.4 Å². The molecule has 2 N–H and O–H groups in total. The van der Waals surface area contributed by atoms with Gasteiger partial charge in [-0.05, 0) is 30.7 Å². The van der Waals surface area contributed by atoms with Gasteiger partial charge in [0.15, 0.2) is 11.5 Å². The van der Waals surface area contributed by atoms with Gasteiger partial charge in [-0.3, -0.25) is 4.79 Å². The molecule has 0 radical (unpaired) electrons.